The topological polar surface area (TPSA) is 53.9 Å². The van der Waals surface area contributed by atoms with Crippen LogP contribution in [0, 0.1) is 0 Å². The molecule has 2 aromatic heterocycles. The molecule has 0 bridgehead atoms. The summed E-state index contributed by atoms with van der Waals surface area (Å²) >= 11 is 3.31. The van der Waals surface area contributed by atoms with Gasteiger partial charge in [-0.3, -0.25) is 0 Å². The van der Waals surface area contributed by atoms with Gasteiger partial charge in [-0.1, -0.05) is 36.1 Å². The van der Waals surface area contributed by atoms with Gasteiger partial charge in [-0.05, 0) is 12.5 Å². The molecular weight excluding hydrogens is 290 g/mol. The van der Waals surface area contributed by atoms with Crippen LogP contribution in [-0.2, 0) is 5.75 Å². The molecule has 0 saturated carbocycles. The van der Waals surface area contributed by atoms with Gasteiger partial charge in [0.2, 0.25) is 5.13 Å². The smallest absolute Gasteiger partial charge is 0.208 e. The van der Waals surface area contributed by atoms with Crippen LogP contribution in [0.3, 0.4) is 0 Å². The Labute approximate surface area is 127 Å². The van der Waals surface area contributed by atoms with E-state index in [0.717, 1.165) is 34.0 Å². The summed E-state index contributed by atoms with van der Waals surface area (Å²) in [5.74, 6) is 1.82. The average molecular weight is 309 g/mol. The molecule has 2 heterocycles. The van der Waals surface area contributed by atoms with E-state index in [1.165, 1.54) is 5.56 Å². The third-order valence-corrected chi connectivity index (χ3v) is 4.84. The van der Waals surface area contributed by atoms with Gasteiger partial charge in [-0.2, -0.15) is 0 Å². The minimum atomic E-state index is 0.849. The van der Waals surface area contributed by atoms with Gasteiger partial charge in [0.1, 0.15) is 5.82 Å². The maximum atomic E-state index is 4.40. The highest BCUT2D eigenvalue weighted by molar-refractivity contribution is 8.00. The van der Waals surface area contributed by atoms with E-state index < -0.39 is 0 Å². The van der Waals surface area contributed by atoms with E-state index in [4.69, 9.17) is 0 Å². The molecule has 0 amide bonds. The molecule has 2 rings (SSSR count). The number of nitrogens with one attached hydrogen (secondary N) is 1. The molecule has 0 spiro atoms. The Morgan fingerprint density at radius 3 is 2.90 bits per heavy atom. The van der Waals surface area contributed by atoms with Crippen molar-refractivity contribution in [2.24, 2.45) is 0 Å². The van der Waals surface area contributed by atoms with Gasteiger partial charge in [-0.15, -0.1) is 10.2 Å². The van der Waals surface area contributed by atoms with Crippen LogP contribution in [0.2, 0.25) is 0 Å². The number of anilines is 2. The second-order valence-electron chi connectivity index (χ2n) is 4.47. The molecule has 0 aliphatic carbocycles. The second-order valence-corrected chi connectivity index (χ2v) is 6.65. The van der Waals surface area contributed by atoms with Gasteiger partial charge in [-0.25, -0.2) is 4.98 Å². The molecular formula is C13H19N5S2. The fraction of sp³-hybridized carbons (Fsp3) is 0.462. The van der Waals surface area contributed by atoms with Crippen molar-refractivity contribution in [2.75, 3.05) is 30.9 Å². The predicted octanol–water partition coefficient (Wildman–Crippen LogP) is 3.11. The lowest BCUT2D eigenvalue weighted by Crippen LogP contribution is -2.07. The fourth-order valence-corrected chi connectivity index (χ4v) is 3.29. The van der Waals surface area contributed by atoms with Crippen LogP contribution in [0.15, 0.2) is 22.7 Å². The van der Waals surface area contributed by atoms with Gasteiger partial charge in [0.05, 0.1) is 0 Å². The SMILES string of the molecule is CCCNc1ncccc1CSc1nnc(N(C)C)s1. The first-order chi connectivity index (χ1) is 9.70. The number of hydrogen-bond acceptors (Lipinski definition) is 7. The predicted molar refractivity (Wildman–Crippen MR) is 86.8 cm³/mol. The highest BCUT2D eigenvalue weighted by Crippen LogP contribution is 2.30. The second kappa shape index (κ2) is 7.44. The Morgan fingerprint density at radius 2 is 2.20 bits per heavy atom. The molecule has 0 unspecified atom stereocenters. The summed E-state index contributed by atoms with van der Waals surface area (Å²) in [5, 5.41) is 12.6. The summed E-state index contributed by atoms with van der Waals surface area (Å²) in [6, 6.07) is 4.07. The van der Waals surface area contributed by atoms with Crippen molar-refractivity contribution in [3.05, 3.63) is 23.9 Å². The minimum absolute atomic E-state index is 0.849. The summed E-state index contributed by atoms with van der Waals surface area (Å²) in [4.78, 5) is 6.37. The van der Waals surface area contributed by atoms with E-state index in [-0.39, 0.29) is 0 Å². The van der Waals surface area contributed by atoms with E-state index in [0.29, 0.717) is 0 Å². The zero-order chi connectivity index (χ0) is 14.4. The van der Waals surface area contributed by atoms with Crippen molar-refractivity contribution < 1.29 is 0 Å². The zero-order valence-corrected chi connectivity index (χ0v) is 13.6. The Kier molecular flexibility index (Phi) is 5.60. The maximum Gasteiger partial charge on any atom is 0.208 e. The Balaban J connectivity index is 1.99. The Morgan fingerprint density at radius 1 is 1.35 bits per heavy atom. The number of hydrogen-bond donors (Lipinski definition) is 1. The largest absolute Gasteiger partial charge is 0.370 e. The highest BCUT2D eigenvalue weighted by atomic mass is 32.2. The van der Waals surface area contributed by atoms with Gasteiger partial charge in [0, 0.05) is 38.2 Å². The standard InChI is InChI=1S/C13H19N5S2/c1-4-7-14-11-10(6-5-8-15-11)9-19-13-17-16-12(20-13)18(2)3/h5-6,8H,4,7,9H2,1-3H3,(H,14,15). The van der Waals surface area contributed by atoms with Crippen molar-refractivity contribution in [1.82, 2.24) is 15.2 Å². The van der Waals surface area contributed by atoms with Crippen molar-refractivity contribution in [2.45, 2.75) is 23.4 Å². The van der Waals surface area contributed by atoms with E-state index in [1.54, 1.807) is 23.1 Å². The molecule has 0 aliphatic rings. The summed E-state index contributed by atoms with van der Waals surface area (Å²) in [6.45, 7) is 3.09. The van der Waals surface area contributed by atoms with Crippen LogP contribution in [0.5, 0.6) is 0 Å². The third kappa shape index (κ3) is 4.08. The van der Waals surface area contributed by atoms with Gasteiger partial charge < -0.3 is 10.2 Å². The van der Waals surface area contributed by atoms with E-state index in [1.807, 2.05) is 31.3 Å². The minimum Gasteiger partial charge on any atom is -0.370 e. The van der Waals surface area contributed by atoms with Crippen LogP contribution in [0.1, 0.15) is 18.9 Å². The lowest BCUT2D eigenvalue weighted by molar-refractivity contribution is 0.963. The summed E-state index contributed by atoms with van der Waals surface area (Å²) in [7, 11) is 3.95. The van der Waals surface area contributed by atoms with Crippen molar-refractivity contribution in [1.29, 1.82) is 0 Å². The molecule has 0 radical (unpaired) electrons. The van der Waals surface area contributed by atoms with Gasteiger partial charge in [0.15, 0.2) is 4.34 Å². The first-order valence-electron chi connectivity index (χ1n) is 6.52. The summed E-state index contributed by atoms with van der Waals surface area (Å²) in [6.07, 6.45) is 2.91. The van der Waals surface area contributed by atoms with Crippen LogP contribution in [0.25, 0.3) is 0 Å². The number of pyridine rings is 1. The average Bonchev–Trinajstić information content (AvgIpc) is 2.93. The van der Waals surface area contributed by atoms with Crippen molar-refractivity contribution in [3.63, 3.8) is 0 Å². The van der Waals surface area contributed by atoms with Crippen LogP contribution in [-0.4, -0.2) is 35.8 Å². The number of aromatic nitrogens is 3. The molecule has 0 atom stereocenters. The molecule has 7 heteroatoms. The molecule has 20 heavy (non-hydrogen) atoms. The Bertz CT molecular complexity index is 541. The summed E-state index contributed by atoms with van der Waals surface area (Å²) in [5.41, 5.74) is 1.20. The van der Waals surface area contributed by atoms with E-state index >= 15 is 0 Å². The third-order valence-electron chi connectivity index (χ3n) is 2.56. The quantitative estimate of drug-likeness (QED) is 0.793. The normalized spacial score (nSPS) is 10.6. The molecule has 2 aromatic rings. The zero-order valence-electron chi connectivity index (χ0n) is 12.0. The van der Waals surface area contributed by atoms with E-state index in [9.17, 15) is 0 Å². The lowest BCUT2D eigenvalue weighted by Gasteiger charge is -2.08. The van der Waals surface area contributed by atoms with Crippen LogP contribution in [0.4, 0.5) is 10.9 Å². The first kappa shape index (κ1) is 15.1. The number of nitrogens with zero attached hydrogens (tertiary/aromatic N) is 4. The van der Waals surface area contributed by atoms with Gasteiger partial charge >= 0.3 is 0 Å². The van der Waals surface area contributed by atoms with Crippen LogP contribution < -0.4 is 10.2 Å². The summed E-state index contributed by atoms with van der Waals surface area (Å²) < 4.78 is 0.985. The fourth-order valence-electron chi connectivity index (χ4n) is 1.54. The van der Waals surface area contributed by atoms with Crippen molar-refractivity contribution >= 4 is 34.0 Å². The number of thioether (sulfide) groups is 1. The maximum absolute atomic E-state index is 4.40. The molecule has 0 aromatic carbocycles. The first-order valence-corrected chi connectivity index (χ1v) is 8.32. The molecule has 0 saturated heterocycles. The molecule has 108 valence electrons. The van der Waals surface area contributed by atoms with E-state index in [2.05, 4.69) is 33.5 Å². The number of rotatable bonds is 7. The highest BCUT2D eigenvalue weighted by Gasteiger charge is 2.08. The Hall–Kier alpha value is -1.34. The molecule has 0 aliphatic heterocycles. The molecule has 1 N–H and O–H groups in total. The monoisotopic (exact) mass is 309 g/mol. The van der Waals surface area contributed by atoms with Crippen LogP contribution >= 0.6 is 23.1 Å². The molecule has 5 nitrogen and oxygen atoms in total. The molecule has 0 fully saturated rings. The van der Waals surface area contributed by atoms with Crippen molar-refractivity contribution in [3.8, 4) is 0 Å². The van der Waals surface area contributed by atoms with Gasteiger partial charge in [0.25, 0.3) is 0 Å². The lowest BCUT2D eigenvalue weighted by atomic mass is 10.3.